The first kappa shape index (κ1) is 10.9. The second-order valence-electron chi connectivity index (χ2n) is 2.44. The zero-order chi connectivity index (χ0) is 10.7. The average Bonchev–Trinajstić information content (AvgIpc) is 2.15. The summed E-state index contributed by atoms with van der Waals surface area (Å²) in [5.74, 6) is -2.85. The molecule has 0 heterocycles. The summed E-state index contributed by atoms with van der Waals surface area (Å²) in [7, 11) is 0. The van der Waals surface area contributed by atoms with Crippen molar-refractivity contribution in [3.8, 4) is 0 Å². The molecule has 0 aliphatic rings. The van der Waals surface area contributed by atoms with Gasteiger partial charge in [0.1, 0.15) is 10.8 Å². The Morgan fingerprint density at radius 1 is 1.50 bits per heavy atom. The van der Waals surface area contributed by atoms with Crippen LogP contribution in [0.5, 0.6) is 0 Å². The van der Waals surface area contributed by atoms with E-state index in [2.05, 4.69) is 4.74 Å². The molecule has 0 saturated carbocycles. The van der Waals surface area contributed by atoms with E-state index in [1.807, 2.05) is 0 Å². The van der Waals surface area contributed by atoms with Crippen LogP contribution in [0.2, 0.25) is 5.02 Å². The monoisotopic (exact) mass is 220 g/mol. The summed E-state index contributed by atoms with van der Waals surface area (Å²) in [6, 6.07) is 1.91. The van der Waals surface area contributed by atoms with Gasteiger partial charge in [-0.25, -0.2) is 13.6 Å². The highest BCUT2D eigenvalue weighted by Crippen LogP contribution is 2.22. The minimum Gasteiger partial charge on any atom is -0.462 e. The topological polar surface area (TPSA) is 26.3 Å². The maximum absolute atomic E-state index is 13.2. The standard InChI is InChI=1S/C9H7ClF2O2/c1-2-14-9(13)5-3-4-6(11)7(10)8(5)12/h3-4H,2H2,1H3. The van der Waals surface area contributed by atoms with Crippen LogP contribution in [0.15, 0.2) is 12.1 Å². The lowest BCUT2D eigenvalue weighted by molar-refractivity contribution is 0.0521. The molecule has 0 aromatic heterocycles. The number of esters is 1. The van der Waals surface area contributed by atoms with E-state index < -0.39 is 22.6 Å². The lowest BCUT2D eigenvalue weighted by Gasteiger charge is -2.04. The minimum atomic E-state index is -1.09. The lowest BCUT2D eigenvalue weighted by Crippen LogP contribution is -2.07. The first-order valence-electron chi connectivity index (χ1n) is 3.88. The quantitative estimate of drug-likeness (QED) is 0.566. The van der Waals surface area contributed by atoms with E-state index in [1.54, 1.807) is 6.92 Å². The second-order valence-corrected chi connectivity index (χ2v) is 2.82. The van der Waals surface area contributed by atoms with Gasteiger partial charge < -0.3 is 4.74 Å². The molecule has 0 saturated heterocycles. The molecule has 0 aliphatic heterocycles. The molecule has 0 radical (unpaired) electrons. The third kappa shape index (κ3) is 2.01. The fourth-order valence-electron chi connectivity index (χ4n) is 0.892. The van der Waals surface area contributed by atoms with Crippen LogP contribution in [-0.4, -0.2) is 12.6 Å². The number of hydrogen-bond acceptors (Lipinski definition) is 2. The molecular formula is C9H7ClF2O2. The summed E-state index contributed by atoms with van der Waals surface area (Å²) in [4.78, 5) is 11.1. The normalized spacial score (nSPS) is 10.0. The van der Waals surface area contributed by atoms with Crippen LogP contribution in [0.3, 0.4) is 0 Å². The van der Waals surface area contributed by atoms with E-state index in [1.165, 1.54) is 0 Å². The molecule has 0 amide bonds. The Kier molecular flexibility index (Phi) is 3.41. The van der Waals surface area contributed by atoms with Crippen molar-refractivity contribution in [2.24, 2.45) is 0 Å². The van der Waals surface area contributed by atoms with Gasteiger partial charge in [0.05, 0.1) is 12.2 Å². The number of rotatable bonds is 2. The van der Waals surface area contributed by atoms with Crippen LogP contribution in [0, 0.1) is 11.6 Å². The number of hydrogen-bond donors (Lipinski definition) is 0. The fourth-order valence-corrected chi connectivity index (χ4v) is 1.06. The van der Waals surface area contributed by atoms with Crippen molar-refractivity contribution >= 4 is 17.6 Å². The van der Waals surface area contributed by atoms with Gasteiger partial charge in [-0.05, 0) is 19.1 Å². The maximum Gasteiger partial charge on any atom is 0.341 e. The number of carbonyl (C=O) groups excluding carboxylic acids is 1. The van der Waals surface area contributed by atoms with Gasteiger partial charge >= 0.3 is 5.97 Å². The summed E-state index contributed by atoms with van der Waals surface area (Å²) in [6.07, 6.45) is 0. The molecule has 0 fully saturated rings. The predicted molar refractivity (Wildman–Crippen MR) is 47.3 cm³/mol. The van der Waals surface area contributed by atoms with Gasteiger partial charge in [-0.2, -0.15) is 0 Å². The predicted octanol–water partition coefficient (Wildman–Crippen LogP) is 2.79. The smallest absolute Gasteiger partial charge is 0.341 e. The fraction of sp³-hybridized carbons (Fsp3) is 0.222. The van der Waals surface area contributed by atoms with E-state index in [9.17, 15) is 13.6 Å². The molecule has 0 aliphatic carbocycles. The van der Waals surface area contributed by atoms with Crippen molar-refractivity contribution < 1.29 is 18.3 Å². The van der Waals surface area contributed by atoms with E-state index in [0.29, 0.717) is 0 Å². The van der Waals surface area contributed by atoms with Gasteiger partial charge in [0.25, 0.3) is 0 Å². The van der Waals surface area contributed by atoms with E-state index >= 15 is 0 Å². The molecule has 5 heteroatoms. The molecule has 1 aromatic rings. The molecule has 0 spiro atoms. The molecule has 76 valence electrons. The molecule has 0 unspecified atom stereocenters. The van der Waals surface area contributed by atoms with Gasteiger partial charge in [0.2, 0.25) is 0 Å². The van der Waals surface area contributed by atoms with Crippen molar-refractivity contribution in [1.29, 1.82) is 0 Å². The Morgan fingerprint density at radius 2 is 2.14 bits per heavy atom. The maximum atomic E-state index is 13.2. The van der Waals surface area contributed by atoms with Crippen LogP contribution >= 0.6 is 11.6 Å². The van der Waals surface area contributed by atoms with Gasteiger partial charge in [-0.3, -0.25) is 0 Å². The molecular weight excluding hydrogens is 214 g/mol. The molecule has 0 bridgehead atoms. The zero-order valence-corrected chi connectivity index (χ0v) is 8.07. The molecule has 14 heavy (non-hydrogen) atoms. The Morgan fingerprint density at radius 3 is 2.71 bits per heavy atom. The first-order valence-corrected chi connectivity index (χ1v) is 4.26. The Hall–Kier alpha value is -1.16. The van der Waals surface area contributed by atoms with Crippen LogP contribution < -0.4 is 0 Å². The molecule has 1 aromatic carbocycles. The van der Waals surface area contributed by atoms with Crippen LogP contribution in [0.1, 0.15) is 17.3 Å². The van der Waals surface area contributed by atoms with E-state index in [0.717, 1.165) is 12.1 Å². The Bertz CT molecular complexity index is 366. The minimum absolute atomic E-state index is 0.118. The van der Waals surface area contributed by atoms with Gasteiger partial charge in [-0.1, -0.05) is 11.6 Å². The van der Waals surface area contributed by atoms with Crippen LogP contribution in [-0.2, 0) is 4.74 Å². The highest BCUT2D eigenvalue weighted by Gasteiger charge is 2.17. The summed E-state index contributed by atoms with van der Waals surface area (Å²) >= 11 is 5.27. The highest BCUT2D eigenvalue weighted by molar-refractivity contribution is 6.31. The van der Waals surface area contributed by atoms with Crippen molar-refractivity contribution in [3.63, 3.8) is 0 Å². The zero-order valence-electron chi connectivity index (χ0n) is 7.31. The van der Waals surface area contributed by atoms with Gasteiger partial charge in [-0.15, -0.1) is 0 Å². The van der Waals surface area contributed by atoms with Crippen molar-refractivity contribution in [3.05, 3.63) is 34.4 Å². The summed E-state index contributed by atoms with van der Waals surface area (Å²) < 4.78 is 30.4. The third-order valence-corrected chi connectivity index (χ3v) is 1.88. The number of halogens is 3. The highest BCUT2D eigenvalue weighted by atomic mass is 35.5. The number of benzene rings is 1. The van der Waals surface area contributed by atoms with Crippen molar-refractivity contribution in [1.82, 2.24) is 0 Å². The van der Waals surface area contributed by atoms with Crippen LogP contribution in [0.4, 0.5) is 8.78 Å². The van der Waals surface area contributed by atoms with Crippen LogP contribution in [0.25, 0.3) is 0 Å². The molecule has 0 N–H and O–H groups in total. The Labute approximate surface area is 84.4 Å². The van der Waals surface area contributed by atoms with Crippen molar-refractivity contribution in [2.45, 2.75) is 6.92 Å². The second kappa shape index (κ2) is 4.37. The van der Waals surface area contributed by atoms with Gasteiger partial charge in [0, 0.05) is 0 Å². The largest absolute Gasteiger partial charge is 0.462 e. The summed E-state index contributed by atoms with van der Waals surface area (Å²) in [5, 5.41) is -0.699. The summed E-state index contributed by atoms with van der Waals surface area (Å²) in [6.45, 7) is 1.70. The van der Waals surface area contributed by atoms with Crippen molar-refractivity contribution in [2.75, 3.05) is 6.61 Å². The Balaban J connectivity index is 3.11. The van der Waals surface area contributed by atoms with Gasteiger partial charge in [0.15, 0.2) is 5.82 Å². The van der Waals surface area contributed by atoms with E-state index in [4.69, 9.17) is 11.6 Å². The first-order chi connectivity index (χ1) is 6.57. The number of ether oxygens (including phenoxy) is 1. The van der Waals surface area contributed by atoms with E-state index in [-0.39, 0.29) is 12.2 Å². The molecule has 2 nitrogen and oxygen atoms in total. The molecule has 0 atom stereocenters. The summed E-state index contributed by atoms with van der Waals surface area (Å²) in [5.41, 5.74) is -0.363. The molecule has 1 rings (SSSR count). The SMILES string of the molecule is CCOC(=O)c1ccc(F)c(Cl)c1F. The average molecular weight is 221 g/mol. The lowest BCUT2D eigenvalue weighted by atomic mass is 10.2. The third-order valence-electron chi connectivity index (χ3n) is 1.53. The number of carbonyl (C=O) groups is 1.